The highest BCUT2D eigenvalue weighted by molar-refractivity contribution is 4.92. The smallest absolute Gasteiger partial charge is 0.178 e. The second kappa shape index (κ2) is 2.19. The van der Waals surface area contributed by atoms with Crippen LogP contribution < -0.4 is 5.32 Å². The minimum absolute atomic E-state index is 0.196. The van der Waals surface area contributed by atoms with Crippen molar-refractivity contribution in [1.82, 2.24) is 5.32 Å². The van der Waals surface area contributed by atoms with Gasteiger partial charge in [0.1, 0.15) is 13.1 Å². The quantitative estimate of drug-likeness (QED) is 0.476. The zero-order valence-electron chi connectivity index (χ0n) is 7.39. The van der Waals surface area contributed by atoms with Gasteiger partial charge in [0.15, 0.2) is 5.60 Å². The molecule has 0 aliphatic carbocycles. The van der Waals surface area contributed by atoms with Gasteiger partial charge in [0.2, 0.25) is 0 Å². The van der Waals surface area contributed by atoms with Gasteiger partial charge in [0.25, 0.3) is 0 Å². The number of likely N-dealkylation sites (tertiary alicyclic amines) is 1. The first-order chi connectivity index (χ1) is 5.12. The van der Waals surface area contributed by atoms with Crippen molar-refractivity contribution < 1.29 is 9.22 Å². The molecular formula is C8H17N2O+. The molecule has 0 radical (unpaired) electrons. The predicted molar refractivity (Wildman–Crippen MR) is 43.4 cm³/mol. The number of morpholine rings is 1. The van der Waals surface area contributed by atoms with Gasteiger partial charge in [0, 0.05) is 13.1 Å². The van der Waals surface area contributed by atoms with Crippen molar-refractivity contribution in [2.24, 2.45) is 0 Å². The summed E-state index contributed by atoms with van der Waals surface area (Å²) in [5, 5.41) is 3.38. The van der Waals surface area contributed by atoms with E-state index in [1.54, 1.807) is 0 Å². The number of hydrogen-bond acceptors (Lipinski definition) is 2. The van der Waals surface area contributed by atoms with E-state index >= 15 is 0 Å². The zero-order valence-corrected chi connectivity index (χ0v) is 7.39. The molecule has 0 bridgehead atoms. The lowest BCUT2D eigenvalue weighted by molar-refractivity contribution is -0.948. The molecule has 0 aromatic carbocycles. The van der Waals surface area contributed by atoms with Gasteiger partial charge < -0.3 is 14.5 Å². The van der Waals surface area contributed by atoms with E-state index in [9.17, 15) is 0 Å². The van der Waals surface area contributed by atoms with Gasteiger partial charge in [0.05, 0.1) is 20.7 Å². The fourth-order valence-electron chi connectivity index (χ4n) is 2.42. The van der Waals surface area contributed by atoms with Crippen LogP contribution in [0.25, 0.3) is 0 Å². The number of quaternary nitrogens is 1. The lowest BCUT2D eigenvalue weighted by atomic mass is 9.91. The van der Waals surface area contributed by atoms with Crippen LogP contribution in [0.5, 0.6) is 0 Å². The summed E-state index contributed by atoms with van der Waals surface area (Å²) in [6, 6.07) is 0. The van der Waals surface area contributed by atoms with Crippen LogP contribution in [0.2, 0.25) is 0 Å². The Morgan fingerprint density at radius 2 is 2.09 bits per heavy atom. The van der Waals surface area contributed by atoms with Crippen molar-refractivity contribution in [2.45, 2.75) is 5.60 Å². The summed E-state index contributed by atoms with van der Waals surface area (Å²) in [5.74, 6) is 0. The summed E-state index contributed by atoms with van der Waals surface area (Å²) in [7, 11) is 4.51. The molecule has 2 aliphatic heterocycles. The molecule has 2 rings (SSSR count). The Balaban J connectivity index is 1.94. The molecule has 0 aromatic heterocycles. The first kappa shape index (κ1) is 7.53. The number of hydrogen-bond donors (Lipinski definition) is 1. The van der Waals surface area contributed by atoms with Crippen LogP contribution in [0, 0.1) is 0 Å². The van der Waals surface area contributed by atoms with Crippen LogP contribution in [0.3, 0.4) is 0 Å². The molecule has 64 valence electrons. The third-order valence-corrected chi connectivity index (χ3v) is 2.57. The Hall–Kier alpha value is -0.120. The maximum atomic E-state index is 5.76. The van der Waals surface area contributed by atoms with Gasteiger partial charge in [-0.25, -0.2) is 0 Å². The van der Waals surface area contributed by atoms with E-state index in [0.717, 1.165) is 24.2 Å². The monoisotopic (exact) mass is 157 g/mol. The summed E-state index contributed by atoms with van der Waals surface area (Å²) in [5.41, 5.74) is 0.196. The third kappa shape index (κ3) is 1.28. The molecule has 1 N–H and O–H groups in total. The maximum Gasteiger partial charge on any atom is 0.178 e. The second-order valence-electron chi connectivity index (χ2n) is 4.46. The Bertz CT molecular complexity index is 151. The van der Waals surface area contributed by atoms with Crippen molar-refractivity contribution in [2.75, 3.05) is 46.9 Å². The predicted octanol–water partition coefficient (Wildman–Crippen LogP) is -0.565. The van der Waals surface area contributed by atoms with Crippen molar-refractivity contribution in [1.29, 1.82) is 0 Å². The number of nitrogens with one attached hydrogen (secondary N) is 1. The molecule has 1 spiro atoms. The lowest BCUT2D eigenvalue weighted by Gasteiger charge is -2.54. The van der Waals surface area contributed by atoms with E-state index in [4.69, 9.17) is 4.74 Å². The summed E-state index contributed by atoms with van der Waals surface area (Å²) >= 11 is 0. The minimum Gasteiger partial charge on any atom is -0.361 e. The average Bonchev–Trinajstić information content (AvgIpc) is 1.85. The van der Waals surface area contributed by atoms with Gasteiger partial charge >= 0.3 is 0 Å². The van der Waals surface area contributed by atoms with E-state index in [0.29, 0.717) is 0 Å². The lowest BCUT2D eigenvalue weighted by Crippen LogP contribution is -2.75. The van der Waals surface area contributed by atoms with E-state index in [-0.39, 0.29) is 5.60 Å². The number of rotatable bonds is 0. The maximum absolute atomic E-state index is 5.76. The van der Waals surface area contributed by atoms with Crippen molar-refractivity contribution >= 4 is 0 Å². The van der Waals surface area contributed by atoms with Crippen LogP contribution >= 0.6 is 0 Å². The molecule has 2 fully saturated rings. The fourth-order valence-corrected chi connectivity index (χ4v) is 2.42. The Morgan fingerprint density at radius 3 is 2.55 bits per heavy atom. The van der Waals surface area contributed by atoms with Crippen LogP contribution in [0.4, 0.5) is 0 Å². The summed E-state index contributed by atoms with van der Waals surface area (Å²) in [6.45, 7) is 5.30. The van der Waals surface area contributed by atoms with Crippen LogP contribution in [-0.4, -0.2) is 57.0 Å². The molecule has 0 amide bonds. The highest BCUT2D eigenvalue weighted by Gasteiger charge is 2.53. The third-order valence-electron chi connectivity index (χ3n) is 2.57. The van der Waals surface area contributed by atoms with Crippen molar-refractivity contribution in [3.63, 3.8) is 0 Å². The molecule has 0 saturated carbocycles. The van der Waals surface area contributed by atoms with E-state index < -0.39 is 0 Å². The molecule has 0 unspecified atom stereocenters. The highest BCUT2D eigenvalue weighted by atomic mass is 16.5. The fraction of sp³-hybridized carbons (Fsp3) is 1.00. The summed E-state index contributed by atoms with van der Waals surface area (Å²) < 4.78 is 6.87. The molecule has 11 heavy (non-hydrogen) atoms. The average molecular weight is 157 g/mol. The molecule has 3 heteroatoms. The first-order valence-corrected chi connectivity index (χ1v) is 4.29. The van der Waals surface area contributed by atoms with Crippen molar-refractivity contribution in [3.05, 3.63) is 0 Å². The van der Waals surface area contributed by atoms with E-state index in [1.807, 2.05) is 0 Å². The Labute approximate surface area is 67.9 Å². The standard InChI is InChI=1S/C8H17N2O/c1-10(2)6-8(7-10)5-9-3-4-11-8/h9H,3-7H2,1-2H3/q+1. The van der Waals surface area contributed by atoms with Gasteiger partial charge in [-0.1, -0.05) is 0 Å². The van der Waals surface area contributed by atoms with Crippen LogP contribution in [0.1, 0.15) is 0 Å². The molecule has 2 heterocycles. The molecular weight excluding hydrogens is 140 g/mol. The van der Waals surface area contributed by atoms with Gasteiger partial charge in [-0.15, -0.1) is 0 Å². The van der Waals surface area contributed by atoms with E-state index in [1.165, 1.54) is 13.1 Å². The number of likely N-dealkylation sites (N-methyl/N-ethyl adjacent to an activating group) is 1. The van der Waals surface area contributed by atoms with Gasteiger partial charge in [-0.05, 0) is 0 Å². The normalized spacial score (nSPS) is 33.3. The molecule has 2 aliphatic rings. The van der Waals surface area contributed by atoms with Crippen molar-refractivity contribution in [3.8, 4) is 0 Å². The molecule has 0 atom stereocenters. The summed E-state index contributed by atoms with van der Waals surface area (Å²) in [6.07, 6.45) is 0. The molecule has 3 nitrogen and oxygen atoms in total. The SMILES string of the molecule is C[N+]1(C)CC2(CNCCO2)C1. The summed E-state index contributed by atoms with van der Waals surface area (Å²) in [4.78, 5) is 0. The first-order valence-electron chi connectivity index (χ1n) is 4.29. The number of nitrogens with zero attached hydrogens (tertiary/aromatic N) is 1. The topological polar surface area (TPSA) is 21.3 Å². The highest BCUT2D eigenvalue weighted by Crippen LogP contribution is 2.29. The van der Waals surface area contributed by atoms with Gasteiger partial charge in [-0.2, -0.15) is 0 Å². The Kier molecular flexibility index (Phi) is 1.50. The van der Waals surface area contributed by atoms with Crippen LogP contribution in [-0.2, 0) is 4.74 Å². The largest absolute Gasteiger partial charge is 0.361 e. The Morgan fingerprint density at radius 1 is 1.36 bits per heavy atom. The van der Waals surface area contributed by atoms with Crippen LogP contribution in [0.15, 0.2) is 0 Å². The second-order valence-corrected chi connectivity index (χ2v) is 4.46. The number of ether oxygens (including phenoxy) is 1. The van der Waals surface area contributed by atoms with E-state index in [2.05, 4.69) is 19.4 Å². The minimum atomic E-state index is 0.196. The van der Waals surface area contributed by atoms with Gasteiger partial charge in [-0.3, -0.25) is 0 Å². The molecule has 0 aromatic rings. The molecule has 2 saturated heterocycles. The zero-order chi connectivity index (χ0) is 7.95.